The Morgan fingerprint density at radius 1 is 1.17 bits per heavy atom. The summed E-state index contributed by atoms with van der Waals surface area (Å²) in [4.78, 5) is 21.8. The third kappa shape index (κ3) is 5.75. The van der Waals surface area contributed by atoms with Gasteiger partial charge in [0, 0.05) is 51.8 Å². The summed E-state index contributed by atoms with van der Waals surface area (Å²) in [7, 11) is 0. The molecule has 158 valence electrons. The van der Waals surface area contributed by atoms with E-state index in [0.717, 1.165) is 68.6 Å². The van der Waals surface area contributed by atoms with Crippen LogP contribution in [0.5, 0.6) is 0 Å². The van der Waals surface area contributed by atoms with Crippen LogP contribution in [-0.2, 0) is 17.8 Å². The van der Waals surface area contributed by atoms with Gasteiger partial charge in [-0.25, -0.2) is 0 Å². The molecule has 1 amide bonds. The topological polar surface area (TPSA) is 74.5 Å². The van der Waals surface area contributed by atoms with Crippen LogP contribution in [0.1, 0.15) is 24.8 Å². The van der Waals surface area contributed by atoms with Gasteiger partial charge in [0.2, 0.25) is 17.6 Å². The fourth-order valence-corrected chi connectivity index (χ4v) is 4.35. The van der Waals surface area contributed by atoms with Crippen molar-refractivity contribution in [2.75, 3.05) is 38.0 Å². The molecular weight excluding hydrogens is 398 g/mol. The first-order valence-corrected chi connectivity index (χ1v) is 11.2. The lowest BCUT2D eigenvalue weighted by atomic mass is 10.1. The molecule has 0 unspecified atom stereocenters. The van der Waals surface area contributed by atoms with E-state index in [9.17, 15) is 4.79 Å². The molecule has 4 rings (SSSR count). The second-order valence-corrected chi connectivity index (χ2v) is 8.54. The number of anilines is 1. The molecule has 0 aliphatic carbocycles. The van der Waals surface area contributed by atoms with Crippen molar-refractivity contribution >= 4 is 22.9 Å². The summed E-state index contributed by atoms with van der Waals surface area (Å²) in [6, 6.07) is 12.1. The van der Waals surface area contributed by atoms with Crippen molar-refractivity contribution in [2.24, 2.45) is 0 Å². The molecule has 0 radical (unpaired) electrons. The highest BCUT2D eigenvalue weighted by molar-refractivity contribution is 7.13. The third-order valence-corrected chi connectivity index (χ3v) is 6.06. The van der Waals surface area contributed by atoms with E-state index < -0.39 is 0 Å². The van der Waals surface area contributed by atoms with E-state index in [0.29, 0.717) is 5.82 Å². The predicted octanol–water partition coefficient (Wildman–Crippen LogP) is 3.51. The zero-order valence-electron chi connectivity index (χ0n) is 17.2. The molecule has 0 atom stereocenters. The number of rotatable bonds is 8. The van der Waals surface area contributed by atoms with Crippen LogP contribution in [0.3, 0.4) is 0 Å². The molecule has 0 spiro atoms. The average Bonchev–Trinajstić information content (AvgIpc) is 3.41. The van der Waals surface area contributed by atoms with Gasteiger partial charge in [0.25, 0.3) is 0 Å². The Balaban J connectivity index is 1.18. The van der Waals surface area contributed by atoms with Gasteiger partial charge in [-0.3, -0.25) is 9.69 Å². The molecule has 1 aromatic carbocycles. The van der Waals surface area contributed by atoms with Gasteiger partial charge in [0.15, 0.2) is 0 Å². The van der Waals surface area contributed by atoms with Crippen molar-refractivity contribution < 1.29 is 9.32 Å². The highest BCUT2D eigenvalue weighted by atomic mass is 32.1. The summed E-state index contributed by atoms with van der Waals surface area (Å²) in [6.07, 6.45) is 1.83. The van der Waals surface area contributed by atoms with Gasteiger partial charge >= 0.3 is 0 Å². The van der Waals surface area contributed by atoms with Crippen LogP contribution < -0.4 is 5.32 Å². The Labute approximate surface area is 180 Å². The Morgan fingerprint density at radius 2 is 2.00 bits per heavy atom. The van der Waals surface area contributed by atoms with Crippen LogP contribution in [0.25, 0.3) is 10.7 Å². The van der Waals surface area contributed by atoms with Crippen LogP contribution in [-0.4, -0.2) is 58.6 Å². The molecule has 2 aromatic heterocycles. The third-order valence-electron chi connectivity index (χ3n) is 5.19. The predicted molar refractivity (Wildman–Crippen MR) is 118 cm³/mol. The van der Waals surface area contributed by atoms with Crippen molar-refractivity contribution in [3.8, 4) is 10.7 Å². The summed E-state index contributed by atoms with van der Waals surface area (Å²) in [5.74, 6) is 1.37. The van der Waals surface area contributed by atoms with Crippen LogP contribution in [0.4, 0.5) is 5.69 Å². The zero-order valence-corrected chi connectivity index (χ0v) is 18.0. The number of aromatic nitrogens is 2. The number of piperazine rings is 1. The van der Waals surface area contributed by atoms with Crippen LogP contribution in [0, 0.1) is 0 Å². The maximum Gasteiger partial charge on any atom is 0.227 e. The van der Waals surface area contributed by atoms with Crippen LogP contribution >= 0.6 is 11.3 Å². The number of carbonyl (C=O) groups excluding carboxylic acids is 1. The molecule has 1 N–H and O–H groups in total. The van der Waals surface area contributed by atoms with E-state index >= 15 is 0 Å². The molecule has 1 fully saturated rings. The number of thiophene rings is 1. The lowest BCUT2D eigenvalue weighted by Crippen LogP contribution is -2.46. The minimum Gasteiger partial charge on any atom is -0.339 e. The second-order valence-electron chi connectivity index (χ2n) is 7.59. The van der Waals surface area contributed by atoms with Gasteiger partial charge in [0.05, 0.1) is 4.88 Å². The molecule has 30 heavy (non-hydrogen) atoms. The van der Waals surface area contributed by atoms with Crippen molar-refractivity contribution in [3.63, 3.8) is 0 Å². The van der Waals surface area contributed by atoms with Gasteiger partial charge < -0.3 is 14.7 Å². The summed E-state index contributed by atoms with van der Waals surface area (Å²) >= 11 is 1.62. The van der Waals surface area contributed by atoms with Crippen molar-refractivity contribution in [2.45, 2.75) is 26.3 Å². The second kappa shape index (κ2) is 9.97. The number of hydrogen-bond donors (Lipinski definition) is 1. The van der Waals surface area contributed by atoms with Gasteiger partial charge in [0.1, 0.15) is 0 Å². The quantitative estimate of drug-likeness (QED) is 0.595. The van der Waals surface area contributed by atoms with E-state index in [1.165, 1.54) is 12.5 Å². The van der Waals surface area contributed by atoms with E-state index in [1.54, 1.807) is 11.3 Å². The van der Waals surface area contributed by atoms with Gasteiger partial charge in [-0.1, -0.05) is 23.4 Å². The molecule has 0 bridgehead atoms. The number of nitrogens with one attached hydrogen (secondary N) is 1. The van der Waals surface area contributed by atoms with Gasteiger partial charge in [-0.05, 0) is 42.1 Å². The van der Waals surface area contributed by atoms with Crippen LogP contribution in [0.2, 0.25) is 0 Å². The van der Waals surface area contributed by atoms with Gasteiger partial charge in [-0.15, -0.1) is 11.3 Å². The molecule has 1 aliphatic rings. The number of nitrogens with zero attached hydrogens (tertiary/aromatic N) is 4. The first-order valence-electron chi connectivity index (χ1n) is 10.3. The number of benzene rings is 1. The summed E-state index contributed by atoms with van der Waals surface area (Å²) < 4.78 is 5.39. The maximum absolute atomic E-state index is 11.2. The molecule has 1 saturated heterocycles. The highest BCUT2D eigenvalue weighted by Crippen LogP contribution is 2.21. The standard InChI is InChI=1S/C22H27N5O2S/c1-17(28)23-19-6-2-5-18(15-19)16-27-12-10-26(11-13-27)9-3-8-21-24-22(25-29-21)20-7-4-14-30-20/h2,4-7,14-15H,3,8-13,16H2,1H3,(H,23,28). The van der Waals surface area contributed by atoms with Crippen LogP contribution in [0.15, 0.2) is 46.3 Å². The zero-order chi connectivity index (χ0) is 20.8. The smallest absolute Gasteiger partial charge is 0.227 e. The first kappa shape index (κ1) is 20.7. The van der Waals surface area contributed by atoms with Crippen molar-refractivity contribution in [1.82, 2.24) is 19.9 Å². The van der Waals surface area contributed by atoms with E-state index in [4.69, 9.17) is 4.52 Å². The van der Waals surface area contributed by atoms with E-state index in [1.807, 2.05) is 29.6 Å². The van der Waals surface area contributed by atoms with Crippen molar-refractivity contribution in [1.29, 1.82) is 0 Å². The Kier molecular flexibility index (Phi) is 6.88. The van der Waals surface area contributed by atoms with Crippen molar-refractivity contribution in [3.05, 3.63) is 53.2 Å². The minimum absolute atomic E-state index is 0.0379. The molecule has 3 aromatic rings. The largest absolute Gasteiger partial charge is 0.339 e. The molecule has 3 heterocycles. The summed E-state index contributed by atoms with van der Waals surface area (Å²) in [5.41, 5.74) is 2.09. The number of amides is 1. The molecule has 8 heteroatoms. The molecule has 0 saturated carbocycles. The SMILES string of the molecule is CC(=O)Nc1cccc(CN2CCN(CCCc3nc(-c4cccs4)no3)CC2)c1. The lowest BCUT2D eigenvalue weighted by Gasteiger charge is -2.34. The number of aryl methyl sites for hydroxylation is 1. The van der Waals surface area contributed by atoms with E-state index in [-0.39, 0.29) is 5.91 Å². The monoisotopic (exact) mass is 425 g/mol. The first-order chi connectivity index (χ1) is 14.7. The fraction of sp³-hybridized carbons (Fsp3) is 0.409. The maximum atomic E-state index is 11.2. The van der Waals surface area contributed by atoms with Gasteiger partial charge in [-0.2, -0.15) is 4.98 Å². The highest BCUT2D eigenvalue weighted by Gasteiger charge is 2.17. The fourth-order valence-electron chi connectivity index (χ4n) is 3.70. The number of hydrogen-bond acceptors (Lipinski definition) is 7. The lowest BCUT2D eigenvalue weighted by molar-refractivity contribution is -0.114. The molecular formula is C22H27N5O2S. The average molecular weight is 426 g/mol. The molecule has 1 aliphatic heterocycles. The molecule has 7 nitrogen and oxygen atoms in total. The normalized spacial score (nSPS) is 15.4. The summed E-state index contributed by atoms with van der Waals surface area (Å²) in [6.45, 7) is 7.72. The summed E-state index contributed by atoms with van der Waals surface area (Å²) in [5, 5.41) is 8.95. The Morgan fingerprint density at radius 3 is 2.77 bits per heavy atom. The Bertz CT molecular complexity index is 948. The minimum atomic E-state index is -0.0379. The number of carbonyl (C=O) groups is 1. The Hall–Kier alpha value is -2.55. The van der Waals surface area contributed by atoms with E-state index in [2.05, 4.69) is 37.4 Å².